The molecule has 2 aliphatic rings. The predicted molar refractivity (Wildman–Crippen MR) is 84.8 cm³/mol. The first-order valence-electron chi connectivity index (χ1n) is 8.28. The van der Waals surface area contributed by atoms with Crippen LogP contribution in [0.15, 0.2) is 24.3 Å². The minimum absolute atomic E-state index is 0.151. The van der Waals surface area contributed by atoms with Crippen molar-refractivity contribution in [1.29, 1.82) is 0 Å². The summed E-state index contributed by atoms with van der Waals surface area (Å²) in [5.74, 6) is 0.495. The predicted octanol–water partition coefficient (Wildman–Crippen LogP) is 3.18. The molecule has 1 heterocycles. The molecule has 21 heavy (non-hydrogen) atoms. The summed E-state index contributed by atoms with van der Waals surface area (Å²) in [6, 6.07) is 8.97. The quantitative estimate of drug-likeness (QED) is 0.907. The summed E-state index contributed by atoms with van der Waals surface area (Å²) in [5.41, 5.74) is 8.68. The normalized spacial score (nSPS) is 29.6. The van der Waals surface area contributed by atoms with Crippen LogP contribution in [-0.2, 0) is 4.79 Å². The Kier molecular flexibility index (Phi) is 4.29. The van der Waals surface area contributed by atoms with Crippen LogP contribution in [0.5, 0.6) is 0 Å². The molecular weight excluding hydrogens is 260 g/mol. The van der Waals surface area contributed by atoms with Gasteiger partial charge >= 0.3 is 0 Å². The van der Waals surface area contributed by atoms with Crippen molar-refractivity contribution < 1.29 is 4.79 Å². The molecule has 3 nitrogen and oxygen atoms in total. The van der Waals surface area contributed by atoms with Gasteiger partial charge in [-0.15, -0.1) is 0 Å². The maximum Gasteiger partial charge on any atom is 0.226 e. The maximum atomic E-state index is 12.9. The molecule has 3 rings (SSSR count). The average Bonchev–Trinajstić information content (AvgIpc) is 2.96. The summed E-state index contributed by atoms with van der Waals surface area (Å²) < 4.78 is 0. The van der Waals surface area contributed by atoms with E-state index in [0.29, 0.717) is 5.91 Å². The minimum Gasteiger partial charge on any atom is -0.335 e. The Morgan fingerprint density at radius 1 is 1.19 bits per heavy atom. The number of aryl methyl sites for hydroxylation is 1. The van der Waals surface area contributed by atoms with Gasteiger partial charge in [0.25, 0.3) is 0 Å². The van der Waals surface area contributed by atoms with Gasteiger partial charge < -0.3 is 10.6 Å². The molecular formula is C18H26N2O. The molecule has 1 aromatic rings. The van der Waals surface area contributed by atoms with Crippen molar-refractivity contribution in [2.24, 2.45) is 11.7 Å². The third-order valence-corrected chi connectivity index (χ3v) is 5.15. The van der Waals surface area contributed by atoms with Crippen LogP contribution in [-0.4, -0.2) is 23.4 Å². The molecule has 2 fully saturated rings. The molecule has 0 radical (unpaired) electrons. The molecule has 1 aromatic carbocycles. The van der Waals surface area contributed by atoms with Crippen molar-refractivity contribution in [3.05, 3.63) is 35.4 Å². The standard InChI is InChI=1S/C18H26N2O/c1-13-6-2-3-9-16(13)17-10-5-11-20(17)18(21)14-7-4-8-15(19)12-14/h2-3,6,9,14-15,17H,4-5,7-8,10-12,19H2,1H3/t14-,15-,17+/m1/s1. The molecule has 1 aliphatic heterocycles. The lowest BCUT2D eigenvalue weighted by atomic mass is 9.85. The molecule has 3 heteroatoms. The maximum absolute atomic E-state index is 12.9. The monoisotopic (exact) mass is 286 g/mol. The first-order valence-corrected chi connectivity index (χ1v) is 8.28. The lowest BCUT2D eigenvalue weighted by Gasteiger charge is -2.33. The number of hydrogen-bond donors (Lipinski definition) is 1. The van der Waals surface area contributed by atoms with Crippen LogP contribution in [0.1, 0.15) is 55.7 Å². The van der Waals surface area contributed by atoms with Gasteiger partial charge in [0.1, 0.15) is 0 Å². The van der Waals surface area contributed by atoms with Crippen molar-refractivity contribution in [2.45, 2.75) is 57.5 Å². The van der Waals surface area contributed by atoms with Crippen molar-refractivity contribution in [2.75, 3.05) is 6.54 Å². The number of carbonyl (C=O) groups excluding carboxylic acids is 1. The van der Waals surface area contributed by atoms with Crippen LogP contribution in [0, 0.1) is 12.8 Å². The lowest BCUT2D eigenvalue weighted by Crippen LogP contribution is -2.40. The van der Waals surface area contributed by atoms with Gasteiger partial charge in [-0.3, -0.25) is 4.79 Å². The minimum atomic E-state index is 0.151. The van der Waals surface area contributed by atoms with Gasteiger partial charge in [-0.05, 0) is 50.2 Å². The molecule has 2 N–H and O–H groups in total. The fourth-order valence-electron chi connectivity index (χ4n) is 4.00. The van der Waals surface area contributed by atoms with Gasteiger partial charge in [0, 0.05) is 18.5 Å². The van der Waals surface area contributed by atoms with Gasteiger partial charge in [-0.1, -0.05) is 30.7 Å². The highest BCUT2D eigenvalue weighted by Gasteiger charge is 2.35. The Labute approximate surface area is 127 Å². The first-order chi connectivity index (χ1) is 10.2. The molecule has 0 aromatic heterocycles. The van der Waals surface area contributed by atoms with E-state index in [2.05, 4.69) is 36.1 Å². The summed E-state index contributed by atoms with van der Waals surface area (Å²) in [7, 11) is 0. The Hall–Kier alpha value is -1.35. The van der Waals surface area contributed by atoms with Crippen molar-refractivity contribution in [3.63, 3.8) is 0 Å². The molecule has 114 valence electrons. The highest BCUT2D eigenvalue weighted by Crippen LogP contribution is 2.36. The smallest absolute Gasteiger partial charge is 0.226 e. The van der Waals surface area contributed by atoms with E-state index in [1.54, 1.807) is 0 Å². The fraction of sp³-hybridized carbons (Fsp3) is 0.611. The van der Waals surface area contributed by atoms with Crippen molar-refractivity contribution in [3.8, 4) is 0 Å². The van der Waals surface area contributed by atoms with E-state index in [1.165, 1.54) is 11.1 Å². The number of nitrogens with two attached hydrogens (primary N) is 1. The third kappa shape index (κ3) is 2.98. The van der Waals surface area contributed by atoms with Crippen LogP contribution in [0.25, 0.3) is 0 Å². The Morgan fingerprint density at radius 2 is 2.00 bits per heavy atom. The van der Waals surface area contributed by atoms with E-state index in [-0.39, 0.29) is 18.0 Å². The van der Waals surface area contributed by atoms with Crippen molar-refractivity contribution >= 4 is 5.91 Å². The van der Waals surface area contributed by atoms with Gasteiger partial charge in [0.15, 0.2) is 0 Å². The van der Waals surface area contributed by atoms with Gasteiger partial charge in [-0.2, -0.15) is 0 Å². The topological polar surface area (TPSA) is 46.3 Å². The second-order valence-corrected chi connectivity index (χ2v) is 6.67. The van der Waals surface area contributed by atoms with Crippen LogP contribution in [0.4, 0.5) is 0 Å². The largest absolute Gasteiger partial charge is 0.335 e. The zero-order valence-corrected chi connectivity index (χ0v) is 12.9. The molecule has 1 amide bonds. The summed E-state index contributed by atoms with van der Waals surface area (Å²) in [6.07, 6.45) is 6.27. The SMILES string of the molecule is Cc1ccccc1[C@@H]1CCCN1C(=O)[C@@H]1CCC[C@@H](N)C1. The molecule has 1 saturated heterocycles. The van der Waals surface area contributed by atoms with Crippen molar-refractivity contribution in [1.82, 2.24) is 4.90 Å². The third-order valence-electron chi connectivity index (χ3n) is 5.15. The molecule has 0 unspecified atom stereocenters. The highest BCUT2D eigenvalue weighted by molar-refractivity contribution is 5.80. The van der Waals surface area contributed by atoms with E-state index in [1.807, 2.05) is 0 Å². The number of benzene rings is 1. The van der Waals surface area contributed by atoms with E-state index >= 15 is 0 Å². The number of rotatable bonds is 2. The van der Waals surface area contributed by atoms with E-state index in [0.717, 1.165) is 45.1 Å². The average molecular weight is 286 g/mol. The number of hydrogen-bond acceptors (Lipinski definition) is 2. The first kappa shape index (κ1) is 14.6. The van der Waals surface area contributed by atoms with Crippen LogP contribution < -0.4 is 5.73 Å². The summed E-state index contributed by atoms with van der Waals surface area (Å²) in [6.45, 7) is 3.05. The molecule has 1 aliphatic carbocycles. The van der Waals surface area contributed by atoms with Crippen LogP contribution in [0.3, 0.4) is 0 Å². The zero-order chi connectivity index (χ0) is 14.8. The molecule has 0 bridgehead atoms. The van der Waals surface area contributed by atoms with Crippen LogP contribution >= 0.6 is 0 Å². The molecule has 3 atom stereocenters. The number of carbonyl (C=O) groups is 1. The summed E-state index contributed by atoms with van der Waals surface area (Å²) in [5, 5.41) is 0. The Bertz CT molecular complexity index is 514. The molecule has 0 spiro atoms. The lowest BCUT2D eigenvalue weighted by molar-refractivity contribution is -0.137. The summed E-state index contributed by atoms with van der Waals surface area (Å²) >= 11 is 0. The zero-order valence-electron chi connectivity index (χ0n) is 12.9. The van der Waals surface area contributed by atoms with Gasteiger partial charge in [0.2, 0.25) is 5.91 Å². The summed E-state index contributed by atoms with van der Waals surface area (Å²) in [4.78, 5) is 15.0. The Morgan fingerprint density at radius 3 is 2.76 bits per heavy atom. The number of likely N-dealkylation sites (tertiary alicyclic amines) is 1. The van der Waals surface area contributed by atoms with E-state index in [9.17, 15) is 4.79 Å². The second kappa shape index (κ2) is 6.18. The number of nitrogens with zero attached hydrogens (tertiary/aromatic N) is 1. The van der Waals surface area contributed by atoms with Gasteiger partial charge in [-0.25, -0.2) is 0 Å². The fourth-order valence-corrected chi connectivity index (χ4v) is 4.00. The molecule has 1 saturated carbocycles. The Balaban J connectivity index is 1.77. The van der Waals surface area contributed by atoms with Crippen LogP contribution in [0.2, 0.25) is 0 Å². The highest BCUT2D eigenvalue weighted by atomic mass is 16.2. The number of amides is 1. The van der Waals surface area contributed by atoms with E-state index in [4.69, 9.17) is 5.73 Å². The second-order valence-electron chi connectivity index (χ2n) is 6.67. The van der Waals surface area contributed by atoms with Gasteiger partial charge in [0.05, 0.1) is 6.04 Å². The van der Waals surface area contributed by atoms with E-state index < -0.39 is 0 Å².